The zero-order valence-electron chi connectivity index (χ0n) is 13.8. The van der Waals surface area contributed by atoms with Gasteiger partial charge in [-0.05, 0) is 37.7 Å². The van der Waals surface area contributed by atoms with E-state index in [4.69, 9.17) is 11.6 Å². The predicted molar refractivity (Wildman–Crippen MR) is 98.8 cm³/mol. The van der Waals surface area contributed by atoms with Gasteiger partial charge in [-0.3, -0.25) is 9.59 Å². The number of halogens is 1. The summed E-state index contributed by atoms with van der Waals surface area (Å²) in [4.78, 5) is 27.4. The first-order valence-corrected chi connectivity index (χ1v) is 8.98. The summed E-state index contributed by atoms with van der Waals surface area (Å²) >= 11 is 7.55. The third-order valence-corrected chi connectivity index (χ3v) is 4.92. The van der Waals surface area contributed by atoms with E-state index in [0.29, 0.717) is 17.1 Å². The fourth-order valence-corrected chi connectivity index (χ4v) is 3.46. The van der Waals surface area contributed by atoms with Gasteiger partial charge in [0.15, 0.2) is 5.78 Å². The molecule has 2 rings (SSSR count). The highest BCUT2D eigenvalue weighted by molar-refractivity contribution is 7.10. The Bertz CT molecular complexity index is 686. The number of ketones is 1. The van der Waals surface area contributed by atoms with Crippen LogP contribution in [-0.2, 0) is 4.79 Å². The molecule has 0 aliphatic carbocycles. The summed E-state index contributed by atoms with van der Waals surface area (Å²) in [5.41, 5.74) is 0.542. The Morgan fingerprint density at radius 2 is 2.00 bits per heavy atom. The number of Topliss-reactive ketones (excluding diaryl/α,β-unsaturated/α-hetero) is 1. The third kappa shape index (κ3) is 5.44. The van der Waals surface area contributed by atoms with Crippen molar-refractivity contribution in [3.63, 3.8) is 0 Å². The standard InChI is InChI=1S/C18H21ClN2O2S/c1-21(2)15(17-7-4-10-24-17)12-20-18(23)9-8-16(22)13-5-3-6-14(19)11-13/h3-7,10-11,15H,8-9,12H2,1-2H3,(H,20,23). The number of hydrogen-bond acceptors (Lipinski definition) is 4. The molecule has 0 aliphatic rings. The van der Waals surface area contributed by atoms with Crippen LogP contribution in [0, 0.1) is 0 Å². The van der Waals surface area contributed by atoms with E-state index in [1.807, 2.05) is 25.5 Å². The number of carbonyl (C=O) groups is 2. The molecule has 0 bridgehead atoms. The van der Waals surface area contributed by atoms with Crippen LogP contribution in [0.3, 0.4) is 0 Å². The molecule has 1 amide bonds. The molecule has 1 unspecified atom stereocenters. The fourth-order valence-electron chi connectivity index (χ4n) is 2.35. The molecule has 6 heteroatoms. The maximum Gasteiger partial charge on any atom is 0.220 e. The second-order valence-corrected chi connectivity index (χ2v) is 7.15. The van der Waals surface area contributed by atoms with Gasteiger partial charge in [0.1, 0.15) is 0 Å². The second-order valence-electron chi connectivity index (χ2n) is 5.73. The molecule has 128 valence electrons. The van der Waals surface area contributed by atoms with Crippen molar-refractivity contribution in [2.75, 3.05) is 20.6 Å². The number of carbonyl (C=O) groups excluding carboxylic acids is 2. The fraction of sp³-hybridized carbons (Fsp3) is 0.333. The van der Waals surface area contributed by atoms with Gasteiger partial charge in [-0.1, -0.05) is 29.8 Å². The second kappa shape index (κ2) is 8.97. The minimum atomic E-state index is -0.117. The molecule has 1 heterocycles. The Kier molecular flexibility index (Phi) is 6.97. The van der Waals surface area contributed by atoms with E-state index in [1.54, 1.807) is 35.6 Å². The molecule has 0 fully saturated rings. The number of nitrogens with one attached hydrogen (secondary N) is 1. The van der Waals surface area contributed by atoms with E-state index < -0.39 is 0 Å². The number of thiophene rings is 1. The monoisotopic (exact) mass is 364 g/mol. The van der Waals surface area contributed by atoms with E-state index in [2.05, 4.69) is 16.3 Å². The lowest BCUT2D eigenvalue weighted by Crippen LogP contribution is -2.34. The molecular formula is C18H21ClN2O2S. The van der Waals surface area contributed by atoms with Gasteiger partial charge < -0.3 is 10.2 Å². The van der Waals surface area contributed by atoms with E-state index in [1.165, 1.54) is 4.88 Å². The maximum absolute atomic E-state index is 12.1. The molecule has 0 radical (unpaired) electrons. The third-order valence-electron chi connectivity index (χ3n) is 3.71. The van der Waals surface area contributed by atoms with Crippen molar-refractivity contribution in [2.45, 2.75) is 18.9 Å². The molecule has 0 aliphatic heterocycles. The number of likely N-dealkylation sites (N-methyl/N-ethyl adjacent to an activating group) is 1. The summed E-state index contributed by atoms with van der Waals surface area (Å²) in [6, 6.07) is 11.0. The summed E-state index contributed by atoms with van der Waals surface area (Å²) in [7, 11) is 3.97. The first-order valence-electron chi connectivity index (χ1n) is 7.72. The van der Waals surface area contributed by atoms with E-state index >= 15 is 0 Å². The van der Waals surface area contributed by atoms with Crippen molar-refractivity contribution in [1.82, 2.24) is 10.2 Å². The molecule has 1 aromatic carbocycles. The van der Waals surface area contributed by atoms with Crippen LogP contribution in [0.1, 0.15) is 34.1 Å². The van der Waals surface area contributed by atoms with Crippen molar-refractivity contribution in [3.8, 4) is 0 Å². The van der Waals surface area contributed by atoms with Crippen molar-refractivity contribution < 1.29 is 9.59 Å². The smallest absolute Gasteiger partial charge is 0.220 e. The van der Waals surface area contributed by atoms with Crippen LogP contribution in [0.5, 0.6) is 0 Å². The largest absolute Gasteiger partial charge is 0.354 e. The normalized spacial score (nSPS) is 12.2. The number of hydrogen-bond donors (Lipinski definition) is 1. The number of benzene rings is 1. The minimum absolute atomic E-state index is 0.0740. The van der Waals surface area contributed by atoms with Crippen LogP contribution >= 0.6 is 22.9 Å². The van der Waals surface area contributed by atoms with Gasteiger partial charge in [-0.2, -0.15) is 0 Å². The quantitative estimate of drug-likeness (QED) is 0.725. The van der Waals surface area contributed by atoms with Crippen LogP contribution in [0.25, 0.3) is 0 Å². The summed E-state index contributed by atoms with van der Waals surface area (Å²) in [5, 5.41) is 5.47. The van der Waals surface area contributed by atoms with E-state index in [9.17, 15) is 9.59 Å². The molecular weight excluding hydrogens is 344 g/mol. The summed E-state index contributed by atoms with van der Waals surface area (Å²) in [5.74, 6) is -0.191. The van der Waals surface area contributed by atoms with Gasteiger partial charge in [0.05, 0.1) is 6.04 Å². The SMILES string of the molecule is CN(C)C(CNC(=O)CCC(=O)c1cccc(Cl)c1)c1cccs1. The Balaban J connectivity index is 1.81. The van der Waals surface area contributed by atoms with E-state index in [0.717, 1.165) is 0 Å². The molecule has 1 aromatic heterocycles. The van der Waals surface area contributed by atoms with Crippen molar-refractivity contribution >= 4 is 34.6 Å². The Morgan fingerprint density at radius 3 is 2.62 bits per heavy atom. The topological polar surface area (TPSA) is 49.4 Å². The predicted octanol–water partition coefficient (Wildman–Crippen LogP) is 3.78. The number of rotatable bonds is 8. The number of amides is 1. The molecule has 4 nitrogen and oxygen atoms in total. The molecule has 24 heavy (non-hydrogen) atoms. The summed E-state index contributed by atoms with van der Waals surface area (Å²) in [6.07, 6.45) is 0.355. The Hall–Kier alpha value is -1.69. The van der Waals surface area contributed by atoms with Gasteiger partial charge in [0.2, 0.25) is 5.91 Å². The Labute approximate surface area is 151 Å². The highest BCUT2D eigenvalue weighted by atomic mass is 35.5. The van der Waals surface area contributed by atoms with Crippen molar-refractivity contribution in [2.24, 2.45) is 0 Å². The lowest BCUT2D eigenvalue weighted by atomic mass is 10.1. The minimum Gasteiger partial charge on any atom is -0.354 e. The zero-order chi connectivity index (χ0) is 17.5. The van der Waals surface area contributed by atoms with Crippen LogP contribution in [-0.4, -0.2) is 37.2 Å². The van der Waals surface area contributed by atoms with Crippen molar-refractivity contribution in [3.05, 3.63) is 57.2 Å². The van der Waals surface area contributed by atoms with Gasteiger partial charge in [-0.25, -0.2) is 0 Å². The van der Waals surface area contributed by atoms with Gasteiger partial charge in [0, 0.05) is 34.8 Å². The molecule has 0 spiro atoms. The zero-order valence-corrected chi connectivity index (χ0v) is 15.4. The first kappa shape index (κ1) is 18.6. The van der Waals surface area contributed by atoms with Gasteiger partial charge in [0.25, 0.3) is 0 Å². The van der Waals surface area contributed by atoms with Gasteiger partial charge in [-0.15, -0.1) is 11.3 Å². The van der Waals surface area contributed by atoms with Crippen molar-refractivity contribution in [1.29, 1.82) is 0 Å². The van der Waals surface area contributed by atoms with Crippen LogP contribution < -0.4 is 5.32 Å². The van der Waals surface area contributed by atoms with Crippen LogP contribution in [0.15, 0.2) is 41.8 Å². The van der Waals surface area contributed by atoms with Crippen LogP contribution in [0.2, 0.25) is 5.02 Å². The summed E-state index contributed by atoms with van der Waals surface area (Å²) in [6.45, 7) is 0.525. The van der Waals surface area contributed by atoms with Crippen LogP contribution in [0.4, 0.5) is 0 Å². The van der Waals surface area contributed by atoms with Gasteiger partial charge >= 0.3 is 0 Å². The molecule has 0 saturated carbocycles. The average molecular weight is 365 g/mol. The Morgan fingerprint density at radius 1 is 1.21 bits per heavy atom. The molecule has 2 aromatic rings. The maximum atomic E-state index is 12.1. The highest BCUT2D eigenvalue weighted by Crippen LogP contribution is 2.22. The molecule has 0 saturated heterocycles. The average Bonchev–Trinajstić information content (AvgIpc) is 3.06. The lowest BCUT2D eigenvalue weighted by Gasteiger charge is -2.23. The number of nitrogens with zero attached hydrogens (tertiary/aromatic N) is 1. The molecule has 1 N–H and O–H groups in total. The van der Waals surface area contributed by atoms with E-state index in [-0.39, 0.29) is 30.6 Å². The first-order chi connectivity index (χ1) is 11.5. The lowest BCUT2D eigenvalue weighted by molar-refractivity contribution is -0.121. The highest BCUT2D eigenvalue weighted by Gasteiger charge is 2.16. The summed E-state index contributed by atoms with van der Waals surface area (Å²) < 4.78 is 0. The molecule has 1 atom stereocenters.